The summed E-state index contributed by atoms with van der Waals surface area (Å²) in [7, 11) is 0. The van der Waals surface area contributed by atoms with Crippen molar-refractivity contribution in [3.05, 3.63) is 40.2 Å². The van der Waals surface area contributed by atoms with Crippen LogP contribution in [0.5, 0.6) is 5.75 Å². The molecule has 2 aromatic rings. The van der Waals surface area contributed by atoms with Gasteiger partial charge in [-0.05, 0) is 32.0 Å². The number of urea groups is 1. The third-order valence-electron chi connectivity index (χ3n) is 3.55. The van der Waals surface area contributed by atoms with E-state index in [0.29, 0.717) is 23.5 Å². The summed E-state index contributed by atoms with van der Waals surface area (Å²) in [6, 6.07) is 5.97. The Kier molecular flexibility index (Phi) is 3.13. The molecule has 2 heterocycles. The second-order valence-electron chi connectivity index (χ2n) is 5.54. The number of nitrogens with two attached hydrogens (primary N) is 1. The third kappa shape index (κ3) is 2.41. The van der Waals surface area contributed by atoms with Crippen molar-refractivity contribution in [2.45, 2.75) is 25.9 Å². The highest BCUT2D eigenvalue weighted by atomic mass is 16.5. The first kappa shape index (κ1) is 14.1. The quantitative estimate of drug-likeness (QED) is 0.615. The van der Waals surface area contributed by atoms with Gasteiger partial charge in [-0.3, -0.25) is 0 Å². The van der Waals surface area contributed by atoms with Gasteiger partial charge in [-0.2, -0.15) is 5.10 Å². The fraction of sp³-hybridized carbons (Fsp3) is 0.267. The van der Waals surface area contributed by atoms with E-state index in [-0.39, 0.29) is 0 Å². The molecule has 0 bridgehead atoms. The largest absolute Gasteiger partial charge is 0.481 e. The predicted molar refractivity (Wildman–Crippen MR) is 81.0 cm³/mol. The number of carbonyl (C=O) groups excluding carboxylic acids is 1. The smallest absolute Gasteiger partial charge is 0.336 e. The van der Waals surface area contributed by atoms with Crippen molar-refractivity contribution in [2.24, 2.45) is 10.8 Å². The predicted octanol–water partition coefficient (Wildman–Crippen LogP) is 1.53. The van der Waals surface area contributed by atoms with E-state index in [0.717, 1.165) is 10.9 Å². The molecule has 114 valence electrons. The lowest BCUT2D eigenvalue weighted by molar-refractivity contribution is 0.170. The molecule has 0 spiro atoms. The van der Waals surface area contributed by atoms with Crippen LogP contribution in [0.2, 0.25) is 0 Å². The van der Waals surface area contributed by atoms with Crippen LogP contribution in [0.25, 0.3) is 11.0 Å². The summed E-state index contributed by atoms with van der Waals surface area (Å²) in [4.78, 5) is 22.3. The van der Waals surface area contributed by atoms with Gasteiger partial charge in [-0.15, -0.1) is 0 Å². The van der Waals surface area contributed by atoms with Gasteiger partial charge in [-0.1, -0.05) is 0 Å². The molecular weight excluding hydrogens is 286 g/mol. The molecule has 0 atom stereocenters. The molecule has 0 aliphatic carbocycles. The zero-order valence-electron chi connectivity index (χ0n) is 12.2. The summed E-state index contributed by atoms with van der Waals surface area (Å²) in [5.74, 6) is 0.630. The zero-order chi connectivity index (χ0) is 15.9. The van der Waals surface area contributed by atoms with Gasteiger partial charge in [0.25, 0.3) is 0 Å². The molecule has 7 nitrogen and oxygen atoms in total. The Bertz CT molecular complexity index is 851. The van der Waals surface area contributed by atoms with E-state index in [9.17, 15) is 9.59 Å². The highest BCUT2D eigenvalue weighted by Gasteiger charge is 2.35. The average Bonchev–Trinajstić information content (AvgIpc) is 2.44. The van der Waals surface area contributed by atoms with Gasteiger partial charge >= 0.3 is 11.7 Å². The van der Waals surface area contributed by atoms with Crippen molar-refractivity contribution < 1.29 is 13.9 Å². The highest BCUT2D eigenvalue weighted by Crippen LogP contribution is 2.35. The maximum atomic E-state index is 11.5. The number of carbonyl (C=O) groups is 1. The van der Waals surface area contributed by atoms with Crippen LogP contribution in [-0.4, -0.2) is 17.3 Å². The molecule has 2 amide bonds. The standard InChI is InChI=1S/C15H15N3O4/c1-15(2)11(17-18-14(16)20)7-9-10(22-15)5-3-8-4-6-12(19)21-13(8)9/h3-6H,7H2,1-2H3,(H3,16,18,20)/b17-11+. The number of ether oxygens (including phenoxy) is 1. The van der Waals surface area contributed by atoms with Gasteiger partial charge in [0.1, 0.15) is 16.9 Å². The second-order valence-corrected chi connectivity index (χ2v) is 5.54. The van der Waals surface area contributed by atoms with Crippen LogP contribution in [0, 0.1) is 0 Å². The Morgan fingerprint density at radius 3 is 2.77 bits per heavy atom. The molecule has 3 N–H and O–H groups in total. The topological polar surface area (TPSA) is 107 Å². The molecule has 1 aliphatic rings. The minimum absolute atomic E-state index is 0.382. The molecule has 0 saturated heterocycles. The van der Waals surface area contributed by atoms with Crippen molar-refractivity contribution in [2.75, 3.05) is 0 Å². The number of amides is 2. The lowest BCUT2D eigenvalue weighted by atomic mass is 9.91. The van der Waals surface area contributed by atoms with Crippen LogP contribution in [0.15, 0.2) is 38.6 Å². The van der Waals surface area contributed by atoms with E-state index in [4.69, 9.17) is 14.9 Å². The molecule has 0 fully saturated rings. The normalized spacial score (nSPS) is 17.8. The first-order chi connectivity index (χ1) is 10.4. The number of fused-ring (bicyclic) bond motifs is 3. The number of hydrazone groups is 1. The first-order valence-corrected chi connectivity index (χ1v) is 6.74. The van der Waals surface area contributed by atoms with Crippen molar-refractivity contribution in [3.8, 4) is 5.75 Å². The Morgan fingerprint density at radius 2 is 2.05 bits per heavy atom. The van der Waals surface area contributed by atoms with Crippen LogP contribution in [0.4, 0.5) is 4.79 Å². The van der Waals surface area contributed by atoms with Crippen LogP contribution in [-0.2, 0) is 6.42 Å². The van der Waals surface area contributed by atoms with Crippen LogP contribution in [0.1, 0.15) is 19.4 Å². The summed E-state index contributed by atoms with van der Waals surface area (Å²) in [6.45, 7) is 3.67. The monoisotopic (exact) mass is 301 g/mol. The number of benzene rings is 1. The van der Waals surface area contributed by atoms with E-state index in [1.165, 1.54) is 6.07 Å². The molecule has 3 rings (SSSR count). The molecule has 1 aromatic carbocycles. The summed E-state index contributed by atoms with van der Waals surface area (Å²) in [5, 5.41) is 4.81. The first-order valence-electron chi connectivity index (χ1n) is 6.74. The Labute approximate surface area is 125 Å². The van der Waals surface area contributed by atoms with E-state index in [1.807, 2.05) is 26.0 Å². The highest BCUT2D eigenvalue weighted by molar-refractivity contribution is 5.99. The van der Waals surface area contributed by atoms with Gasteiger partial charge < -0.3 is 14.9 Å². The minimum atomic E-state index is -0.751. The van der Waals surface area contributed by atoms with Crippen LogP contribution < -0.4 is 21.5 Å². The molecular formula is C15H15N3O4. The minimum Gasteiger partial charge on any atom is -0.481 e. The van der Waals surface area contributed by atoms with E-state index in [1.54, 1.807) is 6.07 Å². The molecule has 22 heavy (non-hydrogen) atoms. The van der Waals surface area contributed by atoms with Gasteiger partial charge in [0, 0.05) is 23.4 Å². The lowest BCUT2D eigenvalue weighted by Crippen LogP contribution is -2.44. The van der Waals surface area contributed by atoms with Gasteiger partial charge in [0.2, 0.25) is 0 Å². The Hall–Kier alpha value is -2.83. The fourth-order valence-electron chi connectivity index (χ4n) is 2.45. The average molecular weight is 301 g/mol. The molecule has 0 unspecified atom stereocenters. The summed E-state index contributed by atoms with van der Waals surface area (Å²) in [6.07, 6.45) is 0.382. The lowest BCUT2D eigenvalue weighted by Gasteiger charge is -2.33. The van der Waals surface area contributed by atoms with Crippen molar-refractivity contribution >= 4 is 22.7 Å². The van der Waals surface area contributed by atoms with Crippen LogP contribution >= 0.6 is 0 Å². The number of primary amides is 1. The number of hydrogen-bond donors (Lipinski definition) is 2. The maximum Gasteiger partial charge on any atom is 0.336 e. The van der Waals surface area contributed by atoms with Gasteiger partial charge in [0.05, 0.1) is 5.71 Å². The zero-order valence-corrected chi connectivity index (χ0v) is 12.2. The van der Waals surface area contributed by atoms with E-state index >= 15 is 0 Å². The van der Waals surface area contributed by atoms with Crippen molar-refractivity contribution in [3.63, 3.8) is 0 Å². The summed E-state index contributed by atoms with van der Waals surface area (Å²) >= 11 is 0. The number of hydrogen-bond acceptors (Lipinski definition) is 5. The SMILES string of the molecule is CC1(C)Oc2ccc3ccc(=O)oc3c2C/C1=N\NC(N)=O. The van der Waals surface area contributed by atoms with Crippen LogP contribution in [0.3, 0.4) is 0 Å². The molecule has 7 heteroatoms. The van der Waals surface area contributed by atoms with Crippen molar-refractivity contribution in [1.29, 1.82) is 0 Å². The number of nitrogens with one attached hydrogen (secondary N) is 1. The molecule has 0 saturated carbocycles. The van der Waals surface area contributed by atoms with E-state index < -0.39 is 17.3 Å². The van der Waals surface area contributed by atoms with Crippen molar-refractivity contribution in [1.82, 2.24) is 5.43 Å². The number of nitrogens with zero attached hydrogens (tertiary/aromatic N) is 1. The van der Waals surface area contributed by atoms with Gasteiger partial charge in [0.15, 0.2) is 0 Å². The number of rotatable bonds is 1. The second kappa shape index (κ2) is 4.87. The molecule has 1 aliphatic heterocycles. The fourth-order valence-corrected chi connectivity index (χ4v) is 2.45. The molecule has 1 aromatic heterocycles. The third-order valence-corrected chi connectivity index (χ3v) is 3.55. The molecule has 0 radical (unpaired) electrons. The van der Waals surface area contributed by atoms with Gasteiger partial charge in [-0.25, -0.2) is 15.0 Å². The Balaban J connectivity index is 2.15. The Morgan fingerprint density at radius 1 is 1.32 bits per heavy atom. The maximum absolute atomic E-state index is 11.5. The summed E-state index contributed by atoms with van der Waals surface area (Å²) < 4.78 is 11.2. The van der Waals surface area contributed by atoms with E-state index in [2.05, 4.69) is 10.5 Å². The summed E-state index contributed by atoms with van der Waals surface area (Å²) in [5.41, 5.74) is 7.89.